The van der Waals surface area contributed by atoms with Gasteiger partial charge < -0.3 is 16.4 Å². The molecule has 0 unspecified atom stereocenters. The van der Waals surface area contributed by atoms with E-state index < -0.39 is 11.7 Å². The van der Waals surface area contributed by atoms with Crippen molar-refractivity contribution < 1.29 is 9.18 Å². The molecule has 0 aliphatic carbocycles. The molecule has 2 aromatic carbocycles. The van der Waals surface area contributed by atoms with Crippen LogP contribution in [0.25, 0.3) is 0 Å². The maximum absolute atomic E-state index is 14.2. The van der Waals surface area contributed by atoms with E-state index in [0.717, 1.165) is 11.6 Å². The molecule has 21 heavy (non-hydrogen) atoms. The molecule has 0 atom stereocenters. The minimum absolute atomic E-state index is 0.156. The number of halogens is 1. The summed E-state index contributed by atoms with van der Waals surface area (Å²) in [5.41, 5.74) is 12.4. The number of hydrogen-bond acceptors (Lipinski definition) is 3. The summed E-state index contributed by atoms with van der Waals surface area (Å²) in [7, 11) is 0. The third-order valence-corrected chi connectivity index (χ3v) is 3.19. The summed E-state index contributed by atoms with van der Waals surface area (Å²) in [6.45, 7) is 1.47. The first kappa shape index (κ1) is 15.0. The highest BCUT2D eigenvalue weighted by Gasteiger charge is 2.13. The Labute approximate surface area is 123 Å². The summed E-state index contributed by atoms with van der Waals surface area (Å²) < 4.78 is 14.2. The third kappa shape index (κ3) is 3.79. The summed E-state index contributed by atoms with van der Waals surface area (Å²) in [5.74, 6) is -1.12. The van der Waals surface area contributed by atoms with Gasteiger partial charge in [-0.25, -0.2) is 4.39 Å². The molecule has 2 rings (SSSR count). The minimum Gasteiger partial charge on any atom is -0.366 e. The van der Waals surface area contributed by atoms with E-state index in [-0.39, 0.29) is 5.56 Å². The number of hydrogen-bond donors (Lipinski definition) is 2. The predicted molar refractivity (Wildman–Crippen MR) is 81.5 cm³/mol. The molecule has 0 fully saturated rings. The number of carbonyl (C=O) groups is 1. The molecule has 0 saturated heterocycles. The van der Waals surface area contributed by atoms with Gasteiger partial charge in [0.05, 0.1) is 5.69 Å². The molecule has 0 bridgehead atoms. The van der Waals surface area contributed by atoms with Crippen molar-refractivity contribution in [1.82, 2.24) is 0 Å². The molecule has 5 heteroatoms. The Kier molecular flexibility index (Phi) is 4.90. The molecule has 0 radical (unpaired) electrons. The van der Waals surface area contributed by atoms with Crippen molar-refractivity contribution in [3.63, 3.8) is 0 Å². The van der Waals surface area contributed by atoms with Gasteiger partial charge in [0, 0.05) is 25.2 Å². The first-order chi connectivity index (χ1) is 10.1. The zero-order valence-corrected chi connectivity index (χ0v) is 11.6. The molecule has 0 saturated carbocycles. The van der Waals surface area contributed by atoms with Crippen molar-refractivity contribution in [2.45, 2.75) is 6.54 Å². The first-order valence-corrected chi connectivity index (χ1v) is 6.70. The molecule has 0 heterocycles. The first-order valence-electron chi connectivity index (χ1n) is 6.70. The van der Waals surface area contributed by atoms with Crippen molar-refractivity contribution in [2.75, 3.05) is 18.0 Å². The van der Waals surface area contributed by atoms with Crippen LogP contribution in [0, 0.1) is 5.82 Å². The largest absolute Gasteiger partial charge is 0.366 e. The van der Waals surface area contributed by atoms with E-state index in [1.165, 1.54) is 6.07 Å². The highest BCUT2D eigenvalue weighted by Crippen LogP contribution is 2.22. The molecule has 0 aliphatic rings. The Bertz CT molecular complexity index is 616. The smallest absolute Gasteiger partial charge is 0.248 e. The van der Waals surface area contributed by atoms with Crippen LogP contribution in [0.15, 0.2) is 48.5 Å². The molecule has 0 aliphatic heterocycles. The van der Waals surface area contributed by atoms with Crippen molar-refractivity contribution in [3.05, 3.63) is 65.5 Å². The van der Waals surface area contributed by atoms with E-state index in [9.17, 15) is 9.18 Å². The lowest BCUT2D eigenvalue weighted by molar-refractivity contribution is 0.1000. The summed E-state index contributed by atoms with van der Waals surface area (Å²) in [6.07, 6.45) is 0. The predicted octanol–water partition coefficient (Wildman–Crippen LogP) is 1.89. The van der Waals surface area contributed by atoms with E-state index >= 15 is 0 Å². The lowest BCUT2D eigenvalue weighted by Crippen LogP contribution is -2.29. The van der Waals surface area contributed by atoms with Crippen LogP contribution in [0.5, 0.6) is 0 Å². The van der Waals surface area contributed by atoms with Crippen LogP contribution >= 0.6 is 0 Å². The Morgan fingerprint density at radius 1 is 1.14 bits per heavy atom. The summed E-state index contributed by atoms with van der Waals surface area (Å²) in [5, 5.41) is 0. The second kappa shape index (κ2) is 6.85. The fourth-order valence-electron chi connectivity index (χ4n) is 2.16. The molecule has 1 amide bonds. The number of amides is 1. The van der Waals surface area contributed by atoms with E-state index in [4.69, 9.17) is 11.5 Å². The summed E-state index contributed by atoms with van der Waals surface area (Å²) in [6, 6.07) is 14.0. The lowest BCUT2D eigenvalue weighted by Gasteiger charge is -2.25. The maximum atomic E-state index is 14.2. The average Bonchev–Trinajstić information content (AvgIpc) is 2.48. The summed E-state index contributed by atoms with van der Waals surface area (Å²) in [4.78, 5) is 12.9. The molecule has 0 spiro atoms. The third-order valence-electron chi connectivity index (χ3n) is 3.19. The van der Waals surface area contributed by atoms with Crippen LogP contribution < -0.4 is 16.4 Å². The molecule has 110 valence electrons. The Balaban J connectivity index is 2.27. The van der Waals surface area contributed by atoms with Gasteiger partial charge in [0.25, 0.3) is 0 Å². The molecule has 4 nitrogen and oxygen atoms in total. The normalized spacial score (nSPS) is 10.4. The van der Waals surface area contributed by atoms with Crippen LogP contribution in [-0.4, -0.2) is 19.0 Å². The maximum Gasteiger partial charge on any atom is 0.248 e. The fraction of sp³-hybridized carbons (Fsp3) is 0.188. The van der Waals surface area contributed by atoms with Gasteiger partial charge in [0.1, 0.15) is 5.82 Å². The average molecular weight is 287 g/mol. The molecular formula is C16H18FN3O. The van der Waals surface area contributed by atoms with Crippen LogP contribution in [-0.2, 0) is 6.54 Å². The van der Waals surface area contributed by atoms with Gasteiger partial charge in [0.2, 0.25) is 5.91 Å². The van der Waals surface area contributed by atoms with E-state index in [1.807, 2.05) is 35.2 Å². The molecule has 0 aromatic heterocycles. The van der Waals surface area contributed by atoms with Gasteiger partial charge in [0.15, 0.2) is 0 Å². The molecule has 2 aromatic rings. The number of primary amides is 1. The Morgan fingerprint density at radius 3 is 2.43 bits per heavy atom. The molecule has 4 N–H and O–H groups in total. The SMILES string of the molecule is NCCN(Cc1ccccc1)c1ccc(C(N)=O)cc1F. The fourth-order valence-corrected chi connectivity index (χ4v) is 2.16. The zero-order valence-electron chi connectivity index (χ0n) is 11.6. The number of anilines is 1. The van der Waals surface area contributed by atoms with Crippen LogP contribution in [0.1, 0.15) is 15.9 Å². The monoisotopic (exact) mass is 287 g/mol. The number of carbonyl (C=O) groups excluding carboxylic acids is 1. The van der Waals surface area contributed by atoms with E-state index in [0.29, 0.717) is 25.3 Å². The van der Waals surface area contributed by atoms with E-state index in [2.05, 4.69) is 0 Å². The van der Waals surface area contributed by atoms with Gasteiger partial charge >= 0.3 is 0 Å². The van der Waals surface area contributed by atoms with Crippen molar-refractivity contribution >= 4 is 11.6 Å². The lowest BCUT2D eigenvalue weighted by atomic mass is 10.1. The standard InChI is InChI=1S/C16H18FN3O/c17-14-10-13(16(19)21)6-7-15(14)20(9-8-18)11-12-4-2-1-3-5-12/h1-7,10H,8-9,11,18H2,(H2,19,21). The zero-order chi connectivity index (χ0) is 15.2. The Hall–Kier alpha value is -2.40. The van der Waals surface area contributed by atoms with Crippen LogP contribution in [0.4, 0.5) is 10.1 Å². The number of nitrogens with zero attached hydrogens (tertiary/aromatic N) is 1. The van der Waals surface area contributed by atoms with Gasteiger partial charge in [-0.3, -0.25) is 4.79 Å². The minimum atomic E-state index is -0.645. The van der Waals surface area contributed by atoms with Gasteiger partial charge in [-0.1, -0.05) is 30.3 Å². The van der Waals surface area contributed by atoms with Gasteiger partial charge in [-0.2, -0.15) is 0 Å². The second-order valence-electron chi connectivity index (χ2n) is 4.73. The highest BCUT2D eigenvalue weighted by atomic mass is 19.1. The van der Waals surface area contributed by atoms with Crippen molar-refractivity contribution in [3.8, 4) is 0 Å². The second-order valence-corrected chi connectivity index (χ2v) is 4.73. The number of benzene rings is 2. The highest BCUT2D eigenvalue weighted by molar-refractivity contribution is 5.93. The van der Waals surface area contributed by atoms with Crippen LogP contribution in [0.2, 0.25) is 0 Å². The summed E-state index contributed by atoms with van der Waals surface area (Å²) >= 11 is 0. The van der Waals surface area contributed by atoms with Gasteiger partial charge in [-0.05, 0) is 23.8 Å². The van der Waals surface area contributed by atoms with Crippen LogP contribution in [0.3, 0.4) is 0 Å². The van der Waals surface area contributed by atoms with E-state index in [1.54, 1.807) is 6.07 Å². The molecular weight excluding hydrogens is 269 g/mol. The number of rotatable bonds is 6. The number of nitrogens with two attached hydrogens (primary N) is 2. The Morgan fingerprint density at radius 2 is 1.86 bits per heavy atom. The van der Waals surface area contributed by atoms with Crippen molar-refractivity contribution in [2.24, 2.45) is 11.5 Å². The quantitative estimate of drug-likeness (QED) is 0.852. The topological polar surface area (TPSA) is 72.3 Å². The van der Waals surface area contributed by atoms with Crippen molar-refractivity contribution in [1.29, 1.82) is 0 Å². The van der Waals surface area contributed by atoms with Gasteiger partial charge in [-0.15, -0.1) is 0 Å².